The second-order valence-corrected chi connectivity index (χ2v) is 5.55. The van der Waals surface area contributed by atoms with Crippen LogP contribution in [0.4, 0.5) is 8.78 Å². The minimum absolute atomic E-state index is 0.0260. The summed E-state index contributed by atoms with van der Waals surface area (Å²) in [5.74, 6) is -0.687. The fourth-order valence-electron chi connectivity index (χ4n) is 1.33. The molecule has 0 fully saturated rings. The van der Waals surface area contributed by atoms with Gasteiger partial charge >= 0.3 is 0 Å². The molecule has 16 heavy (non-hydrogen) atoms. The topological polar surface area (TPSA) is 20.2 Å². The quantitative estimate of drug-likeness (QED) is 0.861. The van der Waals surface area contributed by atoms with Crippen molar-refractivity contribution in [1.29, 1.82) is 0 Å². The SMILES string of the molecule is CC(C)SCC(O)Cc1c(F)cccc1F. The van der Waals surface area contributed by atoms with Crippen LogP contribution in [0, 0.1) is 11.6 Å². The number of thioether (sulfide) groups is 1. The lowest BCUT2D eigenvalue weighted by Crippen LogP contribution is -2.16. The Morgan fingerprint density at radius 3 is 2.31 bits per heavy atom. The summed E-state index contributed by atoms with van der Waals surface area (Å²) >= 11 is 1.58. The highest BCUT2D eigenvalue weighted by Crippen LogP contribution is 2.17. The molecule has 1 unspecified atom stereocenters. The van der Waals surface area contributed by atoms with Gasteiger partial charge in [-0.25, -0.2) is 8.78 Å². The highest BCUT2D eigenvalue weighted by atomic mass is 32.2. The first-order valence-electron chi connectivity index (χ1n) is 5.23. The molecule has 1 aromatic carbocycles. The van der Waals surface area contributed by atoms with Crippen molar-refractivity contribution < 1.29 is 13.9 Å². The second kappa shape index (κ2) is 6.21. The normalized spacial score (nSPS) is 13.1. The molecule has 1 N–H and O–H groups in total. The number of hydrogen-bond acceptors (Lipinski definition) is 2. The first-order valence-corrected chi connectivity index (χ1v) is 6.28. The minimum Gasteiger partial charge on any atom is -0.392 e. The average Bonchev–Trinajstić information content (AvgIpc) is 2.21. The second-order valence-electron chi connectivity index (χ2n) is 3.94. The number of hydrogen-bond donors (Lipinski definition) is 1. The summed E-state index contributed by atoms with van der Waals surface area (Å²) in [6.45, 7) is 4.03. The third-order valence-electron chi connectivity index (χ3n) is 2.12. The lowest BCUT2D eigenvalue weighted by molar-refractivity contribution is 0.197. The maximum absolute atomic E-state index is 13.3. The number of benzene rings is 1. The van der Waals surface area contributed by atoms with E-state index >= 15 is 0 Å². The van der Waals surface area contributed by atoms with Crippen molar-refractivity contribution in [2.75, 3.05) is 5.75 Å². The molecule has 4 heteroatoms. The molecule has 0 amide bonds. The Bertz CT molecular complexity index is 322. The monoisotopic (exact) mass is 246 g/mol. The molecule has 0 bridgehead atoms. The first kappa shape index (κ1) is 13.5. The van der Waals surface area contributed by atoms with E-state index < -0.39 is 17.7 Å². The number of aliphatic hydroxyl groups is 1. The fourth-order valence-corrected chi connectivity index (χ4v) is 2.05. The summed E-state index contributed by atoms with van der Waals surface area (Å²) in [7, 11) is 0. The zero-order valence-corrected chi connectivity index (χ0v) is 10.2. The molecule has 0 saturated carbocycles. The van der Waals surface area contributed by atoms with E-state index in [1.54, 1.807) is 11.8 Å². The molecular weight excluding hydrogens is 230 g/mol. The Kier molecular flexibility index (Phi) is 5.22. The van der Waals surface area contributed by atoms with Crippen molar-refractivity contribution in [2.45, 2.75) is 31.6 Å². The fraction of sp³-hybridized carbons (Fsp3) is 0.500. The van der Waals surface area contributed by atoms with E-state index in [9.17, 15) is 13.9 Å². The van der Waals surface area contributed by atoms with Crippen molar-refractivity contribution in [3.8, 4) is 0 Å². The zero-order chi connectivity index (χ0) is 12.1. The summed E-state index contributed by atoms with van der Waals surface area (Å²) < 4.78 is 26.5. The van der Waals surface area contributed by atoms with Crippen LogP contribution in [0.15, 0.2) is 18.2 Å². The molecule has 0 spiro atoms. The van der Waals surface area contributed by atoms with Gasteiger partial charge in [-0.3, -0.25) is 0 Å². The van der Waals surface area contributed by atoms with Crippen molar-refractivity contribution >= 4 is 11.8 Å². The predicted octanol–water partition coefficient (Wildman–Crippen LogP) is 3.01. The maximum atomic E-state index is 13.3. The van der Waals surface area contributed by atoms with Crippen molar-refractivity contribution in [3.63, 3.8) is 0 Å². The highest BCUT2D eigenvalue weighted by Gasteiger charge is 2.14. The Labute approximate surface area is 98.9 Å². The van der Waals surface area contributed by atoms with Gasteiger partial charge in [0.05, 0.1) is 6.10 Å². The summed E-state index contributed by atoms with van der Waals surface area (Å²) in [6, 6.07) is 3.74. The molecule has 1 atom stereocenters. The van der Waals surface area contributed by atoms with Crippen LogP contribution < -0.4 is 0 Å². The molecule has 0 aliphatic carbocycles. The Hall–Kier alpha value is -0.610. The predicted molar refractivity (Wildman–Crippen MR) is 63.7 cm³/mol. The molecule has 0 heterocycles. The molecule has 90 valence electrons. The van der Waals surface area contributed by atoms with Crippen LogP contribution in [0.5, 0.6) is 0 Å². The molecule has 0 aliphatic rings. The summed E-state index contributed by atoms with van der Waals surface area (Å²) in [5.41, 5.74) is -0.0284. The van der Waals surface area contributed by atoms with Crippen LogP contribution in [0.1, 0.15) is 19.4 Å². The molecule has 0 aliphatic heterocycles. The number of rotatable bonds is 5. The van der Waals surface area contributed by atoms with E-state index in [1.165, 1.54) is 18.2 Å². The lowest BCUT2D eigenvalue weighted by atomic mass is 10.1. The van der Waals surface area contributed by atoms with E-state index in [0.29, 0.717) is 11.0 Å². The van der Waals surface area contributed by atoms with E-state index in [1.807, 2.05) is 13.8 Å². The van der Waals surface area contributed by atoms with Gasteiger partial charge in [-0.15, -0.1) is 0 Å². The largest absolute Gasteiger partial charge is 0.392 e. The maximum Gasteiger partial charge on any atom is 0.129 e. The third-order valence-corrected chi connectivity index (χ3v) is 3.37. The molecule has 1 aromatic rings. The van der Waals surface area contributed by atoms with Crippen molar-refractivity contribution in [3.05, 3.63) is 35.4 Å². The Morgan fingerprint density at radius 1 is 1.25 bits per heavy atom. The molecular formula is C12H16F2OS. The Morgan fingerprint density at radius 2 is 1.81 bits per heavy atom. The van der Waals surface area contributed by atoms with Crippen LogP contribution in [0.3, 0.4) is 0 Å². The average molecular weight is 246 g/mol. The van der Waals surface area contributed by atoms with Gasteiger partial charge in [0.25, 0.3) is 0 Å². The number of aliphatic hydroxyl groups excluding tert-OH is 1. The molecule has 1 nitrogen and oxygen atoms in total. The van der Waals surface area contributed by atoms with Gasteiger partial charge < -0.3 is 5.11 Å². The van der Waals surface area contributed by atoms with Gasteiger partial charge in [0, 0.05) is 17.7 Å². The van der Waals surface area contributed by atoms with Crippen LogP contribution in [-0.2, 0) is 6.42 Å². The van der Waals surface area contributed by atoms with E-state index in [0.717, 1.165) is 0 Å². The first-order chi connectivity index (χ1) is 7.50. The van der Waals surface area contributed by atoms with Gasteiger partial charge in [0.15, 0.2) is 0 Å². The van der Waals surface area contributed by atoms with Crippen molar-refractivity contribution in [2.24, 2.45) is 0 Å². The van der Waals surface area contributed by atoms with Gasteiger partial charge in [0.1, 0.15) is 11.6 Å². The van der Waals surface area contributed by atoms with Gasteiger partial charge in [-0.1, -0.05) is 19.9 Å². The highest BCUT2D eigenvalue weighted by molar-refractivity contribution is 7.99. The third kappa shape index (κ3) is 4.10. The summed E-state index contributed by atoms with van der Waals surface area (Å²) in [6.07, 6.45) is -0.683. The summed E-state index contributed by atoms with van der Waals surface area (Å²) in [5, 5.41) is 10.0. The van der Waals surface area contributed by atoms with Crippen LogP contribution in [0.2, 0.25) is 0 Å². The molecule has 0 aromatic heterocycles. The van der Waals surface area contributed by atoms with Gasteiger partial charge in [0.2, 0.25) is 0 Å². The smallest absolute Gasteiger partial charge is 0.129 e. The lowest BCUT2D eigenvalue weighted by Gasteiger charge is -2.13. The Balaban J connectivity index is 2.59. The van der Waals surface area contributed by atoms with Crippen LogP contribution in [-0.4, -0.2) is 22.2 Å². The zero-order valence-electron chi connectivity index (χ0n) is 9.41. The number of halogens is 2. The van der Waals surface area contributed by atoms with Crippen molar-refractivity contribution in [1.82, 2.24) is 0 Å². The van der Waals surface area contributed by atoms with E-state index in [-0.39, 0.29) is 12.0 Å². The summed E-state index contributed by atoms with van der Waals surface area (Å²) in [4.78, 5) is 0. The van der Waals surface area contributed by atoms with E-state index in [2.05, 4.69) is 0 Å². The van der Waals surface area contributed by atoms with E-state index in [4.69, 9.17) is 0 Å². The van der Waals surface area contributed by atoms with Gasteiger partial charge in [-0.2, -0.15) is 11.8 Å². The molecule has 0 saturated heterocycles. The van der Waals surface area contributed by atoms with Crippen LogP contribution >= 0.6 is 11.8 Å². The van der Waals surface area contributed by atoms with Crippen LogP contribution in [0.25, 0.3) is 0 Å². The molecule has 0 radical (unpaired) electrons. The standard InChI is InChI=1S/C12H16F2OS/c1-8(2)16-7-9(15)6-10-11(13)4-3-5-12(10)14/h3-5,8-9,15H,6-7H2,1-2H3. The van der Waals surface area contributed by atoms with Gasteiger partial charge in [-0.05, 0) is 17.4 Å². The minimum atomic E-state index is -0.709. The molecule has 1 rings (SSSR count).